The maximum Gasteiger partial charge on any atom is 0.406 e. The monoisotopic (exact) mass is 469 g/mol. The second kappa shape index (κ2) is 6.27. The number of alkyl halides is 3. The minimum Gasteiger partial charge on any atom is -0.454 e. The van der Waals surface area contributed by atoms with E-state index in [1.807, 2.05) is 0 Å². The van der Waals surface area contributed by atoms with Crippen molar-refractivity contribution in [3.05, 3.63) is 24.3 Å². The number of imide groups is 1. The number of aliphatic hydroxyl groups is 2. The highest BCUT2D eigenvalue weighted by Crippen LogP contribution is 2.77. The molecule has 4 aliphatic carbocycles. The fraction of sp³-hybridized carbons (Fsp3) is 0.696. The van der Waals surface area contributed by atoms with Crippen LogP contribution in [0, 0.1) is 28.6 Å². The van der Waals surface area contributed by atoms with Gasteiger partial charge in [0.2, 0.25) is 11.8 Å². The van der Waals surface area contributed by atoms with Crippen molar-refractivity contribution in [2.75, 3.05) is 6.54 Å². The van der Waals surface area contributed by atoms with Crippen LogP contribution >= 0.6 is 0 Å². The maximum absolute atomic E-state index is 13.9. The van der Waals surface area contributed by atoms with Crippen LogP contribution in [0.1, 0.15) is 39.5 Å². The molecular weight excluding hydrogens is 443 g/mol. The summed E-state index contributed by atoms with van der Waals surface area (Å²) in [7, 11) is 0. The van der Waals surface area contributed by atoms with E-state index in [4.69, 9.17) is 4.74 Å². The van der Waals surface area contributed by atoms with Gasteiger partial charge in [0.1, 0.15) is 17.6 Å². The first-order valence-corrected chi connectivity index (χ1v) is 11.0. The number of fused-ring (bicyclic) bond motifs is 1. The third kappa shape index (κ3) is 2.56. The minimum absolute atomic E-state index is 0.0769. The molecule has 4 fully saturated rings. The van der Waals surface area contributed by atoms with Crippen LogP contribution < -0.4 is 0 Å². The Labute approximate surface area is 188 Å². The van der Waals surface area contributed by atoms with Crippen molar-refractivity contribution >= 4 is 17.8 Å². The summed E-state index contributed by atoms with van der Waals surface area (Å²) < 4.78 is 45.9. The van der Waals surface area contributed by atoms with Crippen molar-refractivity contribution in [2.24, 2.45) is 28.6 Å². The largest absolute Gasteiger partial charge is 0.454 e. The van der Waals surface area contributed by atoms with E-state index in [0.717, 1.165) is 6.92 Å². The molecule has 1 saturated heterocycles. The molecule has 2 amide bonds. The van der Waals surface area contributed by atoms with E-state index in [0.29, 0.717) is 18.4 Å². The quantitative estimate of drug-likeness (QED) is 0.473. The number of carbonyl (C=O) groups excluding carboxylic acids is 3. The lowest BCUT2D eigenvalue weighted by atomic mass is 9.60. The molecule has 0 aromatic carbocycles. The molecule has 0 unspecified atom stereocenters. The Bertz CT molecular complexity index is 1020. The zero-order chi connectivity index (χ0) is 24.4. The van der Waals surface area contributed by atoms with Crippen LogP contribution in [0.2, 0.25) is 0 Å². The molecule has 7 nitrogen and oxygen atoms in total. The van der Waals surface area contributed by atoms with Gasteiger partial charge in [-0.2, -0.15) is 13.2 Å². The van der Waals surface area contributed by atoms with Crippen molar-refractivity contribution in [1.82, 2.24) is 4.90 Å². The number of nitrogens with zero attached hydrogens (tertiary/aromatic N) is 1. The molecule has 1 aliphatic heterocycles. The second-order valence-corrected chi connectivity index (χ2v) is 10.7. The minimum atomic E-state index is -4.82. The van der Waals surface area contributed by atoms with Crippen LogP contribution in [0.25, 0.3) is 0 Å². The summed E-state index contributed by atoms with van der Waals surface area (Å²) in [5, 5.41) is 22.0. The number of hydrogen-bond acceptors (Lipinski definition) is 6. The van der Waals surface area contributed by atoms with Gasteiger partial charge >= 0.3 is 12.1 Å². The summed E-state index contributed by atoms with van der Waals surface area (Å²) in [6.45, 7) is 4.58. The SMILES string of the molecule is C=C1C[C@]23C[C@@]1(O)CC[C@H]2[C@@]12C=C[C@H](O)[C@@](C)(C(=O)O1)[C@H]2[C@@H]3C(=O)N(CC(F)(F)F)C(C)=O. The summed E-state index contributed by atoms with van der Waals surface area (Å²) >= 11 is 0. The Kier molecular flexibility index (Phi) is 4.29. The molecule has 0 radical (unpaired) electrons. The summed E-state index contributed by atoms with van der Waals surface area (Å²) in [5.74, 6) is -5.55. The van der Waals surface area contributed by atoms with Crippen molar-refractivity contribution in [1.29, 1.82) is 0 Å². The molecule has 180 valence electrons. The molecule has 1 spiro atoms. The standard InChI is InChI=1S/C23H26F3NO6/c1-11-8-20-9-21(11,32)6-4-13(20)22-7-5-14(29)19(3,18(31)33-22)16(22)15(20)17(30)27(12(2)28)10-23(24,25)26/h5,7,13-16,29,32H,1,4,6,8-10H2,2-3H3/t13-,14+,15-,16-,19-,20+,21+,22-/m1/s1. The van der Waals surface area contributed by atoms with Gasteiger partial charge in [0, 0.05) is 18.8 Å². The fourth-order valence-electron chi connectivity index (χ4n) is 7.82. The Morgan fingerprint density at radius 1 is 1.36 bits per heavy atom. The van der Waals surface area contributed by atoms with E-state index >= 15 is 0 Å². The molecule has 2 N–H and O–H groups in total. The van der Waals surface area contributed by atoms with Crippen molar-refractivity contribution < 1.29 is 42.5 Å². The van der Waals surface area contributed by atoms with Crippen LogP contribution in [-0.4, -0.2) is 62.9 Å². The fourth-order valence-corrected chi connectivity index (χ4v) is 7.82. The lowest BCUT2D eigenvalue weighted by molar-refractivity contribution is -0.176. The topological polar surface area (TPSA) is 104 Å². The average Bonchev–Trinajstić information content (AvgIpc) is 3.12. The predicted octanol–water partition coefficient (Wildman–Crippen LogP) is 1.88. The normalized spacial score (nSPS) is 47.2. The lowest BCUT2D eigenvalue weighted by Gasteiger charge is -2.45. The van der Waals surface area contributed by atoms with Crippen molar-refractivity contribution in [2.45, 2.75) is 63.0 Å². The Morgan fingerprint density at radius 2 is 2.03 bits per heavy atom. The molecule has 3 saturated carbocycles. The Morgan fingerprint density at radius 3 is 2.64 bits per heavy atom. The van der Waals surface area contributed by atoms with Crippen LogP contribution in [-0.2, 0) is 19.1 Å². The van der Waals surface area contributed by atoms with E-state index in [1.54, 1.807) is 6.08 Å². The van der Waals surface area contributed by atoms with Crippen LogP contribution in [0.3, 0.4) is 0 Å². The van der Waals surface area contributed by atoms with Crippen LogP contribution in [0.4, 0.5) is 13.2 Å². The van der Waals surface area contributed by atoms with Crippen molar-refractivity contribution in [3.63, 3.8) is 0 Å². The molecule has 0 aromatic heterocycles. The highest BCUT2D eigenvalue weighted by Gasteiger charge is 2.83. The predicted molar refractivity (Wildman–Crippen MR) is 106 cm³/mol. The zero-order valence-corrected chi connectivity index (χ0v) is 18.3. The van der Waals surface area contributed by atoms with Gasteiger partial charge in [-0.15, -0.1) is 0 Å². The number of ether oxygens (including phenoxy) is 1. The molecule has 10 heteroatoms. The molecular formula is C23H26F3NO6. The first-order chi connectivity index (χ1) is 15.1. The lowest BCUT2D eigenvalue weighted by Crippen LogP contribution is -2.55. The summed E-state index contributed by atoms with van der Waals surface area (Å²) in [6, 6.07) is 0. The van der Waals surface area contributed by atoms with Gasteiger partial charge in [-0.25, -0.2) is 0 Å². The Hall–Kier alpha value is -2.20. The first-order valence-electron chi connectivity index (χ1n) is 11.0. The van der Waals surface area contributed by atoms with Crippen LogP contribution in [0.15, 0.2) is 24.3 Å². The smallest absolute Gasteiger partial charge is 0.406 e. The van der Waals surface area contributed by atoms with Crippen LogP contribution in [0.5, 0.6) is 0 Å². The number of rotatable bonds is 2. The first kappa shape index (κ1) is 22.6. The van der Waals surface area contributed by atoms with Crippen molar-refractivity contribution in [3.8, 4) is 0 Å². The zero-order valence-electron chi connectivity index (χ0n) is 18.3. The van der Waals surface area contributed by atoms with E-state index in [1.165, 1.54) is 13.0 Å². The van der Waals surface area contributed by atoms with E-state index in [-0.39, 0.29) is 17.7 Å². The van der Waals surface area contributed by atoms with E-state index in [2.05, 4.69) is 6.58 Å². The molecule has 8 atom stereocenters. The summed E-state index contributed by atoms with van der Waals surface area (Å²) in [4.78, 5) is 39.3. The summed E-state index contributed by atoms with van der Waals surface area (Å²) in [5.41, 5.74) is -4.74. The van der Waals surface area contributed by atoms with Gasteiger partial charge in [-0.1, -0.05) is 12.7 Å². The highest BCUT2D eigenvalue weighted by molar-refractivity contribution is 5.97. The van der Waals surface area contributed by atoms with Gasteiger partial charge in [-0.05, 0) is 49.7 Å². The van der Waals surface area contributed by atoms with E-state index < -0.39 is 76.4 Å². The van der Waals surface area contributed by atoms with Gasteiger partial charge in [0.05, 0.1) is 17.6 Å². The third-order valence-corrected chi connectivity index (χ3v) is 9.10. The van der Waals surface area contributed by atoms with Gasteiger partial charge in [-0.3, -0.25) is 19.3 Å². The number of halogens is 3. The second-order valence-electron chi connectivity index (χ2n) is 10.7. The van der Waals surface area contributed by atoms with E-state index in [9.17, 15) is 37.8 Å². The Balaban J connectivity index is 1.72. The number of hydrogen-bond donors (Lipinski definition) is 2. The molecule has 5 aliphatic rings. The molecule has 0 aromatic rings. The number of esters is 1. The van der Waals surface area contributed by atoms with Gasteiger partial charge in [0.15, 0.2) is 0 Å². The van der Waals surface area contributed by atoms with Gasteiger partial charge in [0.25, 0.3) is 0 Å². The molecule has 4 bridgehead atoms. The third-order valence-electron chi connectivity index (χ3n) is 9.10. The molecule has 5 rings (SSSR count). The van der Waals surface area contributed by atoms with Gasteiger partial charge < -0.3 is 14.9 Å². The molecule has 1 heterocycles. The maximum atomic E-state index is 13.9. The number of amides is 2. The number of aliphatic hydroxyl groups excluding tert-OH is 1. The summed E-state index contributed by atoms with van der Waals surface area (Å²) in [6.07, 6.45) is -2.19. The molecule has 33 heavy (non-hydrogen) atoms. The number of carbonyl (C=O) groups is 3. The highest BCUT2D eigenvalue weighted by atomic mass is 19.4. The average molecular weight is 469 g/mol.